The quantitative estimate of drug-likeness (QED) is 0.641. The highest BCUT2D eigenvalue weighted by Gasteiger charge is 2.26. The van der Waals surface area contributed by atoms with Gasteiger partial charge < -0.3 is 9.64 Å². The molecule has 0 saturated carbocycles. The average Bonchev–Trinajstić information content (AvgIpc) is 2.73. The minimum absolute atomic E-state index is 0.193. The Balaban J connectivity index is 1.62. The summed E-state index contributed by atoms with van der Waals surface area (Å²) in [6.07, 6.45) is 1.12. The number of anilines is 1. The second-order valence-corrected chi connectivity index (χ2v) is 9.25. The maximum atomic E-state index is 12.9. The molecule has 0 atom stereocenters. The van der Waals surface area contributed by atoms with Crippen LogP contribution in [0.4, 0.5) is 5.69 Å². The molecule has 0 N–H and O–H groups in total. The Kier molecular flexibility index (Phi) is 7.33. The van der Waals surface area contributed by atoms with Crippen LogP contribution >= 0.6 is 0 Å². The monoisotopic (exact) mass is 431 g/mol. The number of sulfonamides is 1. The lowest BCUT2D eigenvalue weighted by molar-refractivity contribution is -0.131. The van der Waals surface area contributed by atoms with Crippen LogP contribution in [0.3, 0.4) is 0 Å². The lowest BCUT2D eigenvalue weighted by atomic mass is 10.2. The van der Waals surface area contributed by atoms with E-state index in [1.54, 1.807) is 29.2 Å². The number of ether oxygens (including phenoxy) is 1. The zero-order valence-corrected chi connectivity index (χ0v) is 18.3. The van der Waals surface area contributed by atoms with Gasteiger partial charge in [-0.25, -0.2) is 8.42 Å². The third-order valence-corrected chi connectivity index (χ3v) is 6.21. The van der Waals surface area contributed by atoms with Gasteiger partial charge in [-0.05, 0) is 24.6 Å². The topological polar surface area (TPSA) is 70.2 Å². The van der Waals surface area contributed by atoms with Crippen molar-refractivity contribution in [2.75, 3.05) is 49.9 Å². The molecule has 1 fully saturated rings. The van der Waals surface area contributed by atoms with Gasteiger partial charge in [0.05, 0.1) is 18.6 Å². The molecule has 3 rings (SSSR count). The summed E-state index contributed by atoms with van der Waals surface area (Å²) in [7, 11) is -3.61. The molecule has 0 aliphatic carbocycles. The van der Waals surface area contributed by atoms with Gasteiger partial charge in [0.15, 0.2) is 0 Å². The van der Waals surface area contributed by atoms with E-state index in [4.69, 9.17) is 4.74 Å². The molecule has 2 aromatic carbocycles. The molecule has 1 amide bonds. The lowest BCUT2D eigenvalue weighted by Gasteiger charge is -2.35. The van der Waals surface area contributed by atoms with Crippen molar-refractivity contribution in [2.45, 2.75) is 13.5 Å². The molecule has 1 aliphatic heterocycles. The molecule has 162 valence electrons. The van der Waals surface area contributed by atoms with Crippen molar-refractivity contribution in [3.8, 4) is 5.75 Å². The molecule has 0 radical (unpaired) electrons. The van der Waals surface area contributed by atoms with Crippen LogP contribution in [0.25, 0.3) is 0 Å². The largest absolute Gasteiger partial charge is 0.494 e. The van der Waals surface area contributed by atoms with Gasteiger partial charge in [-0.15, -0.1) is 0 Å². The van der Waals surface area contributed by atoms with E-state index in [1.807, 2.05) is 25.1 Å². The molecule has 7 nitrogen and oxygen atoms in total. The van der Waals surface area contributed by atoms with Gasteiger partial charge in [0.1, 0.15) is 12.3 Å². The Morgan fingerprint density at radius 1 is 1.03 bits per heavy atom. The van der Waals surface area contributed by atoms with Crippen LogP contribution < -0.4 is 9.04 Å². The first-order valence-corrected chi connectivity index (χ1v) is 12.0. The first kappa shape index (κ1) is 22.1. The highest BCUT2D eigenvalue weighted by molar-refractivity contribution is 7.92. The Morgan fingerprint density at radius 2 is 1.73 bits per heavy atom. The molecule has 0 bridgehead atoms. The van der Waals surface area contributed by atoms with Crippen LogP contribution in [0.2, 0.25) is 0 Å². The Morgan fingerprint density at radius 3 is 2.37 bits per heavy atom. The summed E-state index contributed by atoms with van der Waals surface area (Å²) < 4.78 is 31.4. The van der Waals surface area contributed by atoms with E-state index < -0.39 is 10.0 Å². The first-order chi connectivity index (χ1) is 14.4. The van der Waals surface area contributed by atoms with Gasteiger partial charge in [-0.2, -0.15) is 0 Å². The predicted molar refractivity (Wildman–Crippen MR) is 118 cm³/mol. The second kappa shape index (κ2) is 9.95. The SMILES string of the molecule is CCOc1cccc(N(CC(=O)N2CCN(Cc3ccccc3)CC2)S(C)(=O)=O)c1. The summed E-state index contributed by atoms with van der Waals surface area (Å²) in [5.74, 6) is 0.382. The maximum Gasteiger partial charge on any atom is 0.243 e. The van der Waals surface area contributed by atoms with Gasteiger partial charge in [-0.3, -0.25) is 14.0 Å². The third-order valence-electron chi connectivity index (χ3n) is 5.07. The Labute approximate surface area is 178 Å². The van der Waals surface area contributed by atoms with Crippen molar-refractivity contribution in [1.82, 2.24) is 9.80 Å². The third kappa shape index (κ3) is 5.96. The minimum atomic E-state index is -3.61. The molecular formula is C22H29N3O4S. The molecule has 30 heavy (non-hydrogen) atoms. The molecular weight excluding hydrogens is 402 g/mol. The van der Waals surface area contributed by atoms with Gasteiger partial charge >= 0.3 is 0 Å². The van der Waals surface area contributed by atoms with Crippen molar-refractivity contribution in [3.63, 3.8) is 0 Å². The Bertz CT molecular complexity index is 942. The number of hydrogen-bond donors (Lipinski definition) is 0. The number of amides is 1. The van der Waals surface area contributed by atoms with E-state index in [0.29, 0.717) is 31.1 Å². The molecule has 1 saturated heterocycles. The molecule has 1 aliphatic rings. The average molecular weight is 432 g/mol. The smallest absolute Gasteiger partial charge is 0.243 e. The lowest BCUT2D eigenvalue weighted by Crippen LogP contribution is -2.51. The zero-order valence-electron chi connectivity index (χ0n) is 17.5. The van der Waals surface area contributed by atoms with Crippen LogP contribution in [0.15, 0.2) is 54.6 Å². The normalized spacial score (nSPS) is 15.1. The number of nitrogens with zero attached hydrogens (tertiary/aromatic N) is 3. The van der Waals surface area contributed by atoms with Crippen LogP contribution in [0.5, 0.6) is 5.75 Å². The van der Waals surface area contributed by atoms with E-state index in [1.165, 1.54) is 5.56 Å². The van der Waals surface area contributed by atoms with Gasteiger partial charge in [0, 0.05) is 38.8 Å². The van der Waals surface area contributed by atoms with Crippen LogP contribution in [0.1, 0.15) is 12.5 Å². The molecule has 8 heteroatoms. The zero-order chi connectivity index (χ0) is 21.6. The summed E-state index contributed by atoms with van der Waals surface area (Å²) >= 11 is 0. The van der Waals surface area contributed by atoms with Crippen molar-refractivity contribution in [2.24, 2.45) is 0 Å². The summed E-state index contributed by atoms with van der Waals surface area (Å²) in [6.45, 7) is 5.68. The van der Waals surface area contributed by atoms with Crippen molar-refractivity contribution in [1.29, 1.82) is 0 Å². The van der Waals surface area contributed by atoms with Crippen LogP contribution in [0, 0.1) is 0 Å². The number of hydrogen-bond acceptors (Lipinski definition) is 5. The number of carbonyl (C=O) groups excluding carboxylic acids is 1. The molecule has 0 unspecified atom stereocenters. The van der Waals surface area contributed by atoms with E-state index in [2.05, 4.69) is 17.0 Å². The van der Waals surface area contributed by atoms with Gasteiger partial charge in [0.25, 0.3) is 0 Å². The molecule has 1 heterocycles. The van der Waals surface area contributed by atoms with Crippen molar-refractivity contribution >= 4 is 21.6 Å². The van der Waals surface area contributed by atoms with Gasteiger partial charge in [-0.1, -0.05) is 36.4 Å². The number of rotatable bonds is 8. The second-order valence-electron chi connectivity index (χ2n) is 7.34. The fourth-order valence-electron chi connectivity index (χ4n) is 3.51. The van der Waals surface area contributed by atoms with E-state index in [-0.39, 0.29) is 12.5 Å². The molecule has 2 aromatic rings. The van der Waals surface area contributed by atoms with Crippen molar-refractivity contribution < 1.29 is 17.9 Å². The summed E-state index contributed by atoms with van der Waals surface area (Å²) in [4.78, 5) is 16.9. The Hall–Kier alpha value is -2.58. The van der Waals surface area contributed by atoms with Crippen LogP contribution in [-0.4, -0.2) is 69.7 Å². The highest BCUT2D eigenvalue weighted by atomic mass is 32.2. The maximum absolute atomic E-state index is 12.9. The number of carbonyl (C=O) groups is 1. The van der Waals surface area contributed by atoms with Gasteiger partial charge in [0.2, 0.25) is 15.9 Å². The molecule has 0 aromatic heterocycles. The highest BCUT2D eigenvalue weighted by Crippen LogP contribution is 2.23. The predicted octanol–water partition coefficient (Wildman–Crippen LogP) is 2.20. The van der Waals surface area contributed by atoms with Crippen molar-refractivity contribution in [3.05, 3.63) is 60.2 Å². The number of benzene rings is 2. The molecule has 0 spiro atoms. The standard InChI is InChI=1S/C22H29N3O4S/c1-3-29-21-11-7-10-20(16-21)25(30(2,27)28)18-22(26)24-14-12-23(13-15-24)17-19-8-5-4-6-9-19/h4-11,16H,3,12-15,17-18H2,1-2H3. The van der Waals surface area contributed by atoms with E-state index in [0.717, 1.165) is 30.2 Å². The van der Waals surface area contributed by atoms with E-state index in [9.17, 15) is 13.2 Å². The summed E-state index contributed by atoms with van der Waals surface area (Å²) in [5, 5.41) is 0. The fourth-order valence-corrected chi connectivity index (χ4v) is 4.36. The number of piperazine rings is 1. The van der Waals surface area contributed by atoms with E-state index >= 15 is 0 Å². The first-order valence-electron chi connectivity index (χ1n) is 10.1. The summed E-state index contributed by atoms with van der Waals surface area (Å²) in [5.41, 5.74) is 1.68. The fraction of sp³-hybridized carbons (Fsp3) is 0.409. The summed E-state index contributed by atoms with van der Waals surface area (Å²) in [6, 6.07) is 17.1. The van der Waals surface area contributed by atoms with Crippen LogP contribution in [-0.2, 0) is 21.4 Å². The minimum Gasteiger partial charge on any atom is -0.494 e.